The van der Waals surface area contributed by atoms with Gasteiger partial charge in [0.05, 0.1) is 0 Å². The second-order valence-electron chi connectivity index (χ2n) is 3.08. The molecule has 0 saturated heterocycles. The van der Waals surface area contributed by atoms with Crippen molar-refractivity contribution >= 4 is 5.84 Å². The highest BCUT2D eigenvalue weighted by molar-refractivity contribution is 6.03. The molecule has 0 fully saturated rings. The fourth-order valence-electron chi connectivity index (χ4n) is 1.13. The van der Waals surface area contributed by atoms with E-state index in [9.17, 15) is 5.11 Å². The molecule has 0 saturated carbocycles. The van der Waals surface area contributed by atoms with Crippen LogP contribution in [0.25, 0.3) is 0 Å². The van der Waals surface area contributed by atoms with Gasteiger partial charge in [0.2, 0.25) is 0 Å². The van der Waals surface area contributed by atoms with Crippen LogP contribution in [0.4, 0.5) is 0 Å². The van der Waals surface area contributed by atoms with Crippen molar-refractivity contribution in [3.05, 3.63) is 11.3 Å². The number of aliphatic hydroxyl groups is 1. The molecular formula is C8H11N3O. The first-order chi connectivity index (χ1) is 5.57. The van der Waals surface area contributed by atoms with Crippen molar-refractivity contribution < 1.29 is 5.11 Å². The van der Waals surface area contributed by atoms with Gasteiger partial charge in [-0.05, 0) is 5.92 Å². The van der Waals surface area contributed by atoms with Gasteiger partial charge >= 0.3 is 0 Å². The summed E-state index contributed by atoms with van der Waals surface area (Å²) in [6.45, 7) is 3.83. The Morgan fingerprint density at radius 3 is 2.50 bits per heavy atom. The van der Waals surface area contributed by atoms with Crippen LogP contribution >= 0.6 is 0 Å². The number of hydrogen-bond donors (Lipinski definition) is 2. The van der Waals surface area contributed by atoms with Crippen LogP contribution in [0.15, 0.2) is 16.3 Å². The minimum absolute atomic E-state index is 0.00463. The predicted molar refractivity (Wildman–Crippen MR) is 45.5 cm³/mol. The van der Waals surface area contributed by atoms with E-state index in [1.807, 2.05) is 19.9 Å². The summed E-state index contributed by atoms with van der Waals surface area (Å²) >= 11 is 0. The lowest BCUT2D eigenvalue weighted by Gasteiger charge is -2.10. The molecule has 12 heavy (non-hydrogen) atoms. The maximum Gasteiger partial charge on any atom is 0.140 e. The third-order valence-corrected chi connectivity index (χ3v) is 1.81. The number of nitrogens with two attached hydrogens (primary N) is 1. The van der Waals surface area contributed by atoms with Crippen LogP contribution in [0.1, 0.15) is 13.8 Å². The number of hydrogen-bond acceptors (Lipinski definition) is 4. The average Bonchev–Trinajstić information content (AvgIpc) is 2.27. The van der Waals surface area contributed by atoms with E-state index >= 15 is 0 Å². The molecule has 64 valence electrons. The SMILES string of the molecule is CC(C)[C@H]1N=C(N)C(C#N)=C1O. The Morgan fingerprint density at radius 1 is 1.67 bits per heavy atom. The van der Waals surface area contributed by atoms with Crippen LogP contribution < -0.4 is 5.73 Å². The molecule has 0 radical (unpaired) electrons. The van der Waals surface area contributed by atoms with Crippen LogP contribution in [0.5, 0.6) is 0 Å². The average molecular weight is 165 g/mol. The first-order valence-corrected chi connectivity index (χ1v) is 3.74. The smallest absolute Gasteiger partial charge is 0.140 e. The summed E-state index contributed by atoms with van der Waals surface area (Å²) in [5.41, 5.74) is 5.54. The fraction of sp³-hybridized carbons (Fsp3) is 0.500. The lowest BCUT2D eigenvalue weighted by atomic mass is 10.0. The second kappa shape index (κ2) is 2.86. The Bertz CT molecular complexity index is 296. The molecule has 0 aliphatic carbocycles. The molecule has 1 aliphatic heterocycles. The summed E-state index contributed by atoms with van der Waals surface area (Å²) in [6.07, 6.45) is 0. The number of rotatable bonds is 1. The highest BCUT2D eigenvalue weighted by Gasteiger charge is 2.28. The van der Waals surface area contributed by atoms with Gasteiger partial charge in [-0.1, -0.05) is 13.8 Å². The Balaban J connectivity index is 3.04. The van der Waals surface area contributed by atoms with Gasteiger partial charge in [-0.15, -0.1) is 0 Å². The van der Waals surface area contributed by atoms with E-state index in [1.54, 1.807) is 0 Å². The highest BCUT2D eigenvalue weighted by atomic mass is 16.3. The largest absolute Gasteiger partial charge is 0.508 e. The van der Waals surface area contributed by atoms with E-state index in [0.29, 0.717) is 0 Å². The first kappa shape index (κ1) is 8.60. The molecule has 0 aromatic rings. The van der Waals surface area contributed by atoms with Crippen molar-refractivity contribution in [1.82, 2.24) is 0 Å². The Labute approximate surface area is 71.0 Å². The summed E-state index contributed by atoms with van der Waals surface area (Å²) in [7, 11) is 0. The molecule has 0 aromatic carbocycles. The Hall–Kier alpha value is -1.50. The van der Waals surface area contributed by atoms with E-state index in [2.05, 4.69) is 4.99 Å². The number of nitrogens with zero attached hydrogens (tertiary/aromatic N) is 2. The lowest BCUT2D eigenvalue weighted by Crippen LogP contribution is -2.13. The third kappa shape index (κ3) is 1.14. The molecule has 1 aliphatic rings. The minimum Gasteiger partial charge on any atom is -0.508 e. The van der Waals surface area contributed by atoms with Crippen LogP contribution in [-0.4, -0.2) is 17.0 Å². The Kier molecular flexibility index (Phi) is 2.05. The van der Waals surface area contributed by atoms with Gasteiger partial charge in [0.1, 0.15) is 29.3 Å². The van der Waals surface area contributed by atoms with E-state index in [4.69, 9.17) is 11.0 Å². The number of aliphatic imine (C=N–C) groups is 1. The normalized spacial score (nSPS) is 22.8. The molecule has 0 bridgehead atoms. The number of amidine groups is 1. The maximum absolute atomic E-state index is 9.45. The summed E-state index contributed by atoms with van der Waals surface area (Å²) in [4.78, 5) is 3.97. The van der Waals surface area contributed by atoms with E-state index in [1.165, 1.54) is 0 Å². The van der Waals surface area contributed by atoms with Crippen molar-refractivity contribution in [1.29, 1.82) is 5.26 Å². The third-order valence-electron chi connectivity index (χ3n) is 1.81. The van der Waals surface area contributed by atoms with Crippen LogP contribution in [0.2, 0.25) is 0 Å². The minimum atomic E-state index is -0.334. The van der Waals surface area contributed by atoms with Gasteiger partial charge < -0.3 is 10.8 Å². The van der Waals surface area contributed by atoms with Gasteiger partial charge in [-0.3, -0.25) is 4.99 Å². The van der Waals surface area contributed by atoms with Gasteiger partial charge in [0.15, 0.2) is 0 Å². The zero-order chi connectivity index (χ0) is 9.30. The first-order valence-electron chi connectivity index (χ1n) is 3.74. The fourth-order valence-corrected chi connectivity index (χ4v) is 1.13. The molecule has 0 unspecified atom stereocenters. The molecule has 0 spiro atoms. The van der Waals surface area contributed by atoms with Gasteiger partial charge in [0, 0.05) is 0 Å². The van der Waals surface area contributed by atoms with E-state index in [0.717, 1.165) is 0 Å². The van der Waals surface area contributed by atoms with Crippen LogP contribution in [0, 0.1) is 17.2 Å². The molecule has 4 nitrogen and oxygen atoms in total. The van der Waals surface area contributed by atoms with Crippen molar-refractivity contribution in [2.45, 2.75) is 19.9 Å². The number of aliphatic hydroxyl groups excluding tert-OH is 1. The number of nitriles is 1. The summed E-state index contributed by atoms with van der Waals surface area (Å²) in [6, 6.07) is 1.49. The van der Waals surface area contributed by atoms with Crippen LogP contribution in [0.3, 0.4) is 0 Å². The van der Waals surface area contributed by atoms with Gasteiger partial charge in [0.25, 0.3) is 0 Å². The molecule has 0 amide bonds. The molecule has 1 rings (SSSR count). The zero-order valence-corrected chi connectivity index (χ0v) is 7.07. The summed E-state index contributed by atoms with van der Waals surface area (Å²) in [5, 5.41) is 18.0. The zero-order valence-electron chi connectivity index (χ0n) is 7.07. The summed E-state index contributed by atoms with van der Waals surface area (Å²) in [5.74, 6) is 0.313. The Morgan fingerprint density at radius 2 is 2.25 bits per heavy atom. The lowest BCUT2D eigenvalue weighted by molar-refractivity contribution is 0.339. The molecular weight excluding hydrogens is 154 g/mol. The molecule has 1 heterocycles. The predicted octanol–water partition coefficient (Wildman–Crippen LogP) is 0.717. The monoisotopic (exact) mass is 165 g/mol. The topological polar surface area (TPSA) is 82.4 Å². The van der Waals surface area contributed by atoms with Crippen molar-refractivity contribution in [2.75, 3.05) is 0 Å². The standard InChI is InChI=1S/C8H11N3O/c1-4(2)6-7(12)5(3-9)8(10)11-6/h4,6,12H,1-2H3,(H2,10,11)/t6-/m1/s1. The van der Waals surface area contributed by atoms with Crippen molar-refractivity contribution in [3.63, 3.8) is 0 Å². The van der Waals surface area contributed by atoms with Crippen LogP contribution in [-0.2, 0) is 0 Å². The van der Waals surface area contributed by atoms with Crippen molar-refractivity contribution in [3.8, 4) is 6.07 Å². The van der Waals surface area contributed by atoms with E-state index in [-0.39, 0.29) is 29.1 Å². The molecule has 0 aromatic heterocycles. The van der Waals surface area contributed by atoms with E-state index < -0.39 is 0 Å². The molecule has 4 heteroatoms. The summed E-state index contributed by atoms with van der Waals surface area (Å²) < 4.78 is 0. The van der Waals surface area contributed by atoms with Gasteiger partial charge in [-0.25, -0.2) is 0 Å². The van der Waals surface area contributed by atoms with Gasteiger partial charge in [-0.2, -0.15) is 5.26 Å². The molecule has 1 atom stereocenters. The maximum atomic E-state index is 9.45. The molecule has 3 N–H and O–H groups in total. The van der Waals surface area contributed by atoms with Crippen molar-refractivity contribution in [2.24, 2.45) is 16.6 Å². The highest BCUT2D eigenvalue weighted by Crippen LogP contribution is 2.23. The quantitative estimate of drug-likeness (QED) is 0.600. The second-order valence-corrected chi connectivity index (χ2v) is 3.08.